The average molecular weight is 304 g/mol. The van der Waals surface area contributed by atoms with Gasteiger partial charge in [0, 0.05) is 23.5 Å². The van der Waals surface area contributed by atoms with Crippen molar-refractivity contribution in [2.45, 2.75) is 6.18 Å². The van der Waals surface area contributed by atoms with Gasteiger partial charge in [-0.15, -0.1) is 0 Å². The molecule has 2 aromatic rings. The maximum atomic E-state index is 13.4. The van der Waals surface area contributed by atoms with Crippen LogP contribution < -0.4 is 0 Å². The molecule has 0 unspecified atom stereocenters. The lowest BCUT2D eigenvalue weighted by molar-refractivity contribution is -0.140. The summed E-state index contributed by atoms with van der Waals surface area (Å²) in [6, 6.07) is 3.28. The van der Waals surface area contributed by atoms with Crippen LogP contribution in [0.5, 0.6) is 0 Å². The Balaban J connectivity index is 2.43. The molecule has 0 amide bonds. The predicted molar refractivity (Wildman–Crippen MR) is 64.1 cm³/mol. The number of pyridine rings is 1. The van der Waals surface area contributed by atoms with Gasteiger partial charge in [0.15, 0.2) is 5.78 Å². The van der Waals surface area contributed by atoms with Gasteiger partial charge in [-0.05, 0) is 18.2 Å². The maximum Gasteiger partial charge on any atom is 0.419 e. The Labute approximate surface area is 116 Å². The molecule has 0 aliphatic heterocycles. The highest BCUT2D eigenvalue weighted by Gasteiger charge is 2.34. The molecular weight excluding hydrogens is 298 g/mol. The van der Waals surface area contributed by atoms with Crippen molar-refractivity contribution in [3.05, 3.63) is 64.2 Å². The highest BCUT2D eigenvalue weighted by atomic mass is 35.5. The molecule has 0 atom stereocenters. The van der Waals surface area contributed by atoms with Crippen LogP contribution >= 0.6 is 11.6 Å². The molecule has 104 valence electrons. The van der Waals surface area contributed by atoms with Gasteiger partial charge in [0.25, 0.3) is 0 Å². The van der Waals surface area contributed by atoms with Crippen LogP contribution in [0.3, 0.4) is 0 Å². The van der Waals surface area contributed by atoms with Crippen LogP contribution in [-0.2, 0) is 6.18 Å². The molecule has 2 nitrogen and oxygen atoms in total. The normalized spacial score (nSPS) is 11.4. The first-order chi connectivity index (χ1) is 9.30. The molecule has 7 heteroatoms. The second-order valence-corrected chi connectivity index (χ2v) is 4.28. The van der Waals surface area contributed by atoms with Crippen LogP contribution in [0.4, 0.5) is 17.6 Å². The van der Waals surface area contributed by atoms with Gasteiger partial charge in [0.05, 0.1) is 10.6 Å². The van der Waals surface area contributed by atoms with Crippen molar-refractivity contribution in [3.63, 3.8) is 0 Å². The van der Waals surface area contributed by atoms with Crippen molar-refractivity contribution in [3.8, 4) is 0 Å². The first-order valence-electron chi connectivity index (χ1n) is 5.31. The largest absolute Gasteiger partial charge is 0.419 e. The summed E-state index contributed by atoms with van der Waals surface area (Å²) in [4.78, 5) is 15.7. The quantitative estimate of drug-likeness (QED) is 0.617. The van der Waals surface area contributed by atoms with Crippen LogP contribution in [0.15, 0.2) is 36.7 Å². The highest BCUT2D eigenvalue weighted by molar-refractivity contribution is 6.34. The minimum atomic E-state index is -4.81. The standard InChI is InChI=1S/C13H6ClF4NO/c14-10-6-19-4-3-8(10)12(20)7-1-2-9(11(15)5-7)13(16,17)18/h1-6H. The summed E-state index contributed by atoms with van der Waals surface area (Å²) in [5, 5.41) is 0.0396. The van der Waals surface area contributed by atoms with Crippen LogP contribution in [0.25, 0.3) is 0 Å². The summed E-state index contributed by atoms with van der Waals surface area (Å²) in [6.45, 7) is 0. The second kappa shape index (κ2) is 5.20. The van der Waals surface area contributed by atoms with E-state index in [9.17, 15) is 22.4 Å². The van der Waals surface area contributed by atoms with E-state index in [4.69, 9.17) is 11.6 Å². The molecule has 0 fully saturated rings. The number of hydrogen-bond acceptors (Lipinski definition) is 2. The molecule has 0 N–H and O–H groups in total. The van der Waals surface area contributed by atoms with Gasteiger partial charge in [-0.25, -0.2) is 4.39 Å². The van der Waals surface area contributed by atoms with E-state index in [2.05, 4.69) is 4.98 Å². The molecule has 1 aromatic carbocycles. The Morgan fingerprint density at radius 3 is 2.45 bits per heavy atom. The van der Waals surface area contributed by atoms with Crippen molar-refractivity contribution in [2.75, 3.05) is 0 Å². The van der Waals surface area contributed by atoms with E-state index in [0.29, 0.717) is 12.1 Å². The fourth-order valence-corrected chi connectivity index (χ4v) is 1.81. The summed E-state index contributed by atoms with van der Waals surface area (Å²) >= 11 is 5.76. The zero-order valence-corrected chi connectivity index (χ0v) is 10.5. The van der Waals surface area contributed by atoms with E-state index in [0.717, 1.165) is 6.07 Å². The molecular formula is C13H6ClF4NO. The number of carbonyl (C=O) groups excluding carboxylic acids is 1. The minimum absolute atomic E-state index is 0.0396. The Morgan fingerprint density at radius 1 is 1.20 bits per heavy atom. The third-order valence-corrected chi connectivity index (χ3v) is 2.85. The lowest BCUT2D eigenvalue weighted by Crippen LogP contribution is -2.10. The molecule has 20 heavy (non-hydrogen) atoms. The van der Waals surface area contributed by atoms with Crippen LogP contribution in [0.1, 0.15) is 21.5 Å². The second-order valence-electron chi connectivity index (χ2n) is 3.88. The number of ketones is 1. The summed E-state index contributed by atoms with van der Waals surface area (Å²) in [6.07, 6.45) is -2.28. The number of rotatable bonds is 2. The summed E-state index contributed by atoms with van der Waals surface area (Å²) < 4.78 is 50.6. The number of benzene rings is 1. The molecule has 1 aromatic heterocycles. The van der Waals surface area contributed by atoms with E-state index in [1.54, 1.807) is 0 Å². The topological polar surface area (TPSA) is 30.0 Å². The Bertz CT molecular complexity index is 670. The van der Waals surface area contributed by atoms with Crippen molar-refractivity contribution in [2.24, 2.45) is 0 Å². The average Bonchev–Trinajstić information content (AvgIpc) is 2.37. The molecule has 1 heterocycles. The van der Waals surface area contributed by atoms with E-state index >= 15 is 0 Å². The number of hydrogen-bond donors (Lipinski definition) is 0. The molecule has 0 bridgehead atoms. The van der Waals surface area contributed by atoms with Gasteiger partial charge >= 0.3 is 6.18 Å². The minimum Gasteiger partial charge on any atom is -0.289 e. The molecule has 0 spiro atoms. The summed E-state index contributed by atoms with van der Waals surface area (Å²) in [5.74, 6) is -2.18. The van der Waals surface area contributed by atoms with Crippen molar-refractivity contribution in [1.29, 1.82) is 0 Å². The fraction of sp³-hybridized carbons (Fsp3) is 0.0769. The smallest absolute Gasteiger partial charge is 0.289 e. The molecule has 0 aliphatic carbocycles. The summed E-state index contributed by atoms with van der Waals surface area (Å²) in [7, 11) is 0. The van der Waals surface area contributed by atoms with E-state index in [1.165, 1.54) is 18.5 Å². The van der Waals surface area contributed by atoms with Crippen LogP contribution in [0, 0.1) is 5.82 Å². The Hall–Kier alpha value is -1.95. The third kappa shape index (κ3) is 2.80. The van der Waals surface area contributed by atoms with Gasteiger partial charge in [-0.1, -0.05) is 17.7 Å². The number of halogens is 5. The first kappa shape index (κ1) is 14.5. The Kier molecular flexibility index (Phi) is 3.76. The highest BCUT2D eigenvalue weighted by Crippen LogP contribution is 2.32. The monoisotopic (exact) mass is 303 g/mol. The summed E-state index contributed by atoms with van der Waals surface area (Å²) in [5.41, 5.74) is -1.60. The molecule has 0 aliphatic rings. The zero-order valence-electron chi connectivity index (χ0n) is 9.71. The number of alkyl halides is 3. The lowest BCUT2D eigenvalue weighted by atomic mass is 10.0. The van der Waals surface area contributed by atoms with Crippen molar-refractivity contribution < 1.29 is 22.4 Å². The van der Waals surface area contributed by atoms with Crippen LogP contribution in [-0.4, -0.2) is 10.8 Å². The van der Waals surface area contributed by atoms with E-state index < -0.39 is 23.3 Å². The fourth-order valence-electron chi connectivity index (χ4n) is 1.60. The van der Waals surface area contributed by atoms with Gasteiger partial charge in [-0.2, -0.15) is 13.2 Å². The van der Waals surface area contributed by atoms with E-state index in [1.807, 2.05) is 0 Å². The number of carbonyl (C=O) groups is 1. The SMILES string of the molecule is O=C(c1ccc(C(F)(F)F)c(F)c1)c1ccncc1Cl. The molecule has 2 rings (SSSR count). The maximum absolute atomic E-state index is 13.4. The number of nitrogens with zero attached hydrogens (tertiary/aromatic N) is 1. The van der Waals surface area contributed by atoms with Crippen molar-refractivity contribution >= 4 is 17.4 Å². The van der Waals surface area contributed by atoms with Gasteiger partial charge in [0.2, 0.25) is 0 Å². The first-order valence-corrected chi connectivity index (χ1v) is 5.69. The van der Waals surface area contributed by atoms with Crippen LogP contribution in [0.2, 0.25) is 5.02 Å². The van der Waals surface area contributed by atoms with Gasteiger partial charge in [0.1, 0.15) is 5.82 Å². The lowest BCUT2D eigenvalue weighted by Gasteiger charge is -2.09. The molecule has 0 saturated carbocycles. The zero-order chi connectivity index (χ0) is 14.9. The van der Waals surface area contributed by atoms with E-state index in [-0.39, 0.29) is 16.1 Å². The van der Waals surface area contributed by atoms with Gasteiger partial charge < -0.3 is 0 Å². The third-order valence-electron chi connectivity index (χ3n) is 2.55. The molecule has 0 radical (unpaired) electrons. The van der Waals surface area contributed by atoms with Crippen molar-refractivity contribution in [1.82, 2.24) is 4.98 Å². The molecule has 0 saturated heterocycles. The number of aromatic nitrogens is 1. The predicted octanol–water partition coefficient (Wildman–Crippen LogP) is 4.12. The van der Waals surface area contributed by atoms with Gasteiger partial charge in [-0.3, -0.25) is 9.78 Å². The Morgan fingerprint density at radius 2 is 1.90 bits per heavy atom.